The van der Waals surface area contributed by atoms with Crippen LogP contribution in [0.4, 0.5) is 0 Å². The van der Waals surface area contributed by atoms with E-state index in [1.165, 1.54) is 7.11 Å². The SMILES string of the molecule is C=C1CC2(C(=O)OC)CCCCC1C2=O. The monoisotopic (exact) mass is 208 g/mol. The van der Waals surface area contributed by atoms with Crippen LogP contribution < -0.4 is 0 Å². The number of carbonyl (C=O) groups is 2. The first kappa shape index (κ1) is 10.4. The van der Waals surface area contributed by atoms with Gasteiger partial charge in [-0.1, -0.05) is 25.0 Å². The summed E-state index contributed by atoms with van der Waals surface area (Å²) in [5, 5.41) is 0. The molecule has 0 radical (unpaired) electrons. The standard InChI is InChI=1S/C12H16O3/c1-8-7-12(11(14)15-2)6-4-3-5-9(8)10(12)13/h9H,1,3-7H2,2H3. The Bertz CT molecular complexity index is 332. The van der Waals surface area contributed by atoms with Gasteiger partial charge in [0.05, 0.1) is 7.11 Å². The summed E-state index contributed by atoms with van der Waals surface area (Å²) >= 11 is 0. The molecular weight excluding hydrogens is 192 g/mol. The zero-order chi connectivity index (χ0) is 11.1. The van der Waals surface area contributed by atoms with Crippen LogP contribution in [0.2, 0.25) is 0 Å². The summed E-state index contributed by atoms with van der Waals surface area (Å²) in [6.07, 6.45) is 3.94. The average Bonchev–Trinajstić information content (AvgIpc) is 2.36. The number of esters is 1. The molecule has 2 unspecified atom stereocenters. The molecule has 3 nitrogen and oxygen atoms in total. The van der Waals surface area contributed by atoms with Gasteiger partial charge in [0.15, 0.2) is 5.78 Å². The molecule has 0 aromatic rings. The molecule has 0 N–H and O–H groups in total. The summed E-state index contributed by atoms with van der Waals surface area (Å²) in [5.41, 5.74) is 0.0394. The van der Waals surface area contributed by atoms with Gasteiger partial charge in [-0.3, -0.25) is 9.59 Å². The van der Waals surface area contributed by atoms with Crippen molar-refractivity contribution < 1.29 is 14.3 Å². The fourth-order valence-corrected chi connectivity index (χ4v) is 2.91. The summed E-state index contributed by atoms with van der Waals surface area (Å²) in [5.74, 6) is -0.401. The highest BCUT2D eigenvalue weighted by atomic mass is 16.5. The van der Waals surface area contributed by atoms with Crippen LogP contribution in [0.5, 0.6) is 0 Å². The summed E-state index contributed by atoms with van der Waals surface area (Å²) < 4.78 is 4.78. The molecule has 0 aromatic heterocycles. The zero-order valence-corrected chi connectivity index (χ0v) is 9.04. The first-order valence-corrected chi connectivity index (χ1v) is 5.42. The minimum atomic E-state index is -0.882. The fourth-order valence-electron chi connectivity index (χ4n) is 2.91. The Labute approximate surface area is 89.5 Å². The van der Waals surface area contributed by atoms with Gasteiger partial charge >= 0.3 is 5.97 Å². The van der Waals surface area contributed by atoms with Crippen molar-refractivity contribution in [3.8, 4) is 0 Å². The highest BCUT2D eigenvalue weighted by Gasteiger charge is 2.56. The van der Waals surface area contributed by atoms with Gasteiger partial charge in [0.2, 0.25) is 0 Å². The maximum atomic E-state index is 12.2. The van der Waals surface area contributed by atoms with Crippen molar-refractivity contribution in [2.24, 2.45) is 11.3 Å². The molecule has 15 heavy (non-hydrogen) atoms. The number of Topliss-reactive ketones (excluding diaryl/α,β-unsaturated/α-hetero) is 1. The molecule has 2 fully saturated rings. The van der Waals surface area contributed by atoms with Crippen molar-refractivity contribution in [2.45, 2.75) is 32.1 Å². The van der Waals surface area contributed by atoms with Crippen LogP contribution in [-0.2, 0) is 14.3 Å². The molecule has 82 valence electrons. The molecule has 0 aromatic carbocycles. The third-order valence-electron chi connectivity index (χ3n) is 3.73. The summed E-state index contributed by atoms with van der Waals surface area (Å²) in [6.45, 7) is 3.92. The third-order valence-corrected chi connectivity index (χ3v) is 3.73. The fraction of sp³-hybridized carbons (Fsp3) is 0.667. The molecular formula is C12H16O3. The first-order valence-electron chi connectivity index (χ1n) is 5.42. The van der Waals surface area contributed by atoms with Crippen LogP contribution in [0.15, 0.2) is 12.2 Å². The highest BCUT2D eigenvalue weighted by Crippen LogP contribution is 2.49. The van der Waals surface area contributed by atoms with E-state index in [0.717, 1.165) is 24.8 Å². The van der Waals surface area contributed by atoms with E-state index in [9.17, 15) is 9.59 Å². The number of ketones is 1. The molecule has 0 aliphatic heterocycles. The van der Waals surface area contributed by atoms with Gasteiger partial charge in [-0.15, -0.1) is 0 Å². The van der Waals surface area contributed by atoms with E-state index in [2.05, 4.69) is 6.58 Å². The predicted molar refractivity (Wildman–Crippen MR) is 55.2 cm³/mol. The Balaban J connectivity index is 2.40. The molecule has 2 atom stereocenters. The molecule has 2 saturated carbocycles. The number of carbonyl (C=O) groups excluding carboxylic acids is 2. The molecule has 0 amide bonds. The van der Waals surface area contributed by atoms with Crippen molar-refractivity contribution in [1.82, 2.24) is 0 Å². The molecule has 0 spiro atoms. The smallest absolute Gasteiger partial charge is 0.319 e. The van der Waals surface area contributed by atoms with Gasteiger partial charge in [-0.05, 0) is 19.3 Å². The van der Waals surface area contributed by atoms with Crippen LogP contribution in [-0.4, -0.2) is 18.9 Å². The van der Waals surface area contributed by atoms with Crippen LogP contribution in [0.1, 0.15) is 32.1 Å². The Kier molecular flexibility index (Phi) is 2.41. The van der Waals surface area contributed by atoms with Gasteiger partial charge in [0.25, 0.3) is 0 Å². The van der Waals surface area contributed by atoms with Crippen molar-refractivity contribution in [3.63, 3.8) is 0 Å². The van der Waals surface area contributed by atoms with E-state index < -0.39 is 5.41 Å². The second-order valence-corrected chi connectivity index (χ2v) is 4.57. The number of hydrogen-bond donors (Lipinski definition) is 0. The second kappa shape index (κ2) is 3.47. The number of ether oxygens (including phenoxy) is 1. The van der Waals surface area contributed by atoms with Gasteiger partial charge in [-0.25, -0.2) is 0 Å². The van der Waals surface area contributed by atoms with Crippen LogP contribution >= 0.6 is 0 Å². The van der Waals surface area contributed by atoms with E-state index in [4.69, 9.17) is 4.74 Å². The quantitative estimate of drug-likeness (QED) is 0.375. The van der Waals surface area contributed by atoms with Gasteiger partial charge in [0.1, 0.15) is 5.41 Å². The molecule has 2 aliphatic carbocycles. The summed E-state index contributed by atoms with van der Waals surface area (Å²) in [6, 6.07) is 0. The van der Waals surface area contributed by atoms with Crippen LogP contribution in [0.25, 0.3) is 0 Å². The Hall–Kier alpha value is -1.12. The number of rotatable bonds is 1. The van der Waals surface area contributed by atoms with E-state index >= 15 is 0 Å². The van der Waals surface area contributed by atoms with E-state index in [0.29, 0.717) is 12.8 Å². The van der Waals surface area contributed by atoms with Gasteiger partial charge in [-0.2, -0.15) is 0 Å². The maximum absolute atomic E-state index is 12.2. The first-order chi connectivity index (χ1) is 7.12. The minimum absolute atomic E-state index is 0.0526. The zero-order valence-electron chi connectivity index (χ0n) is 9.04. The summed E-state index contributed by atoms with van der Waals surface area (Å²) in [7, 11) is 1.35. The number of fused-ring (bicyclic) bond motifs is 2. The van der Waals surface area contributed by atoms with E-state index in [1.54, 1.807) is 0 Å². The van der Waals surface area contributed by atoms with E-state index in [-0.39, 0.29) is 17.7 Å². The molecule has 2 rings (SSSR count). The molecule has 2 aliphatic rings. The Morgan fingerprint density at radius 3 is 2.93 bits per heavy atom. The van der Waals surface area contributed by atoms with Gasteiger partial charge in [0, 0.05) is 5.92 Å². The van der Waals surface area contributed by atoms with Crippen LogP contribution in [0.3, 0.4) is 0 Å². The Morgan fingerprint density at radius 2 is 2.27 bits per heavy atom. The molecule has 0 heterocycles. The van der Waals surface area contributed by atoms with Crippen molar-refractivity contribution in [3.05, 3.63) is 12.2 Å². The lowest BCUT2D eigenvalue weighted by atomic mass is 9.80. The van der Waals surface area contributed by atoms with E-state index in [1.807, 2.05) is 0 Å². The third kappa shape index (κ3) is 1.33. The summed E-state index contributed by atoms with van der Waals surface area (Å²) in [4.78, 5) is 23.9. The topological polar surface area (TPSA) is 43.4 Å². The lowest BCUT2D eigenvalue weighted by Crippen LogP contribution is -2.37. The van der Waals surface area contributed by atoms with Gasteiger partial charge < -0.3 is 4.74 Å². The lowest BCUT2D eigenvalue weighted by molar-refractivity contribution is -0.157. The minimum Gasteiger partial charge on any atom is -0.468 e. The van der Waals surface area contributed by atoms with Crippen LogP contribution in [0, 0.1) is 11.3 Å². The maximum Gasteiger partial charge on any atom is 0.319 e. The Morgan fingerprint density at radius 1 is 1.53 bits per heavy atom. The number of hydrogen-bond acceptors (Lipinski definition) is 3. The number of allylic oxidation sites excluding steroid dienone is 1. The highest BCUT2D eigenvalue weighted by molar-refractivity contribution is 6.08. The average molecular weight is 208 g/mol. The molecule has 2 bridgehead atoms. The second-order valence-electron chi connectivity index (χ2n) is 4.57. The lowest BCUT2D eigenvalue weighted by Gasteiger charge is -2.22. The molecule has 3 heteroatoms. The largest absolute Gasteiger partial charge is 0.468 e. The number of methoxy groups -OCH3 is 1. The van der Waals surface area contributed by atoms with Crippen molar-refractivity contribution >= 4 is 11.8 Å². The normalized spacial score (nSPS) is 35.1. The van der Waals surface area contributed by atoms with Crippen molar-refractivity contribution in [2.75, 3.05) is 7.11 Å². The van der Waals surface area contributed by atoms with Crippen molar-refractivity contribution in [1.29, 1.82) is 0 Å². The molecule has 0 saturated heterocycles. The predicted octanol–water partition coefficient (Wildman–Crippen LogP) is 1.86.